The highest BCUT2D eigenvalue weighted by atomic mass is 79.9. The van der Waals surface area contributed by atoms with Gasteiger partial charge in [0.25, 0.3) is 0 Å². The standard InChI is InChI=1S/C13H17BrFNO/c1-10-9-17-13(6-14)8-16(10)7-11-3-2-4-12(15)5-11/h2-5,10,13H,6-9H2,1H3. The Balaban J connectivity index is 2.01. The highest BCUT2D eigenvalue weighted by molar-refractivity contribution is 9.09. The van der Waals surface area contributed by atoms with Gasteiger partial charge in [-0.25, -0.2) is 4.39 Å². The molecule has 1 fully saturated rings. The SMILES string of the molecule is CC1COC(CBr)CN1Cc1cccc(F)c1. The molecule has 1 aromatic carbocycles. The smallest absolute Gasteiger partial charge is 0.123 e. The molecule has 4 heteroatoms. The van der Waals surface area contributed by atoms with Crippen molar-refractivity contribution in [3.8, 4) is 0 Å². The van der Waals surface area contributed by atoms with Gasteiger partial charge in [-0.3, -0.25) is 4.90 Å². The molecule has 1 aromatic rings. The average Bonchev–Trinajstić information content (AvgIpc) is 2.32. The molecule has 0 spiro atoms. The van der Waals surface area contributed by atoms with Gasteiger partial charge in [-0.1, -0.05) is 28.1 Å². The number of alkyl halides is 1. The van der Waals surface area contributed by atoms with Crippen LogP contribution in [0.25, 0.3) is 0 Å². The molecule has 0 N–H and O–H groups in total. The first kappa shape index (κ1) is 13.0. The molecule has 1 aliphatic rings. The molecule has 94 valence electrons. The quantitative estimate of drug-likeness (QED) is 0.796. The second-order valence-corrected chi connectivity index (χ2v) is 5.17. The van der Waals surface area contributed by atoms with Crippen LogP contribution in [0.3, 0.4) is 0 Å². The lowest BCUT2D eigenvalue weighted by molar-refractivity contribution is -0.0500. The second-order valence-electron chi connectivity index (χ2n) is 4.52. The Hall–Kier alpha value is -0.450. The summed E-state index contributed by atoms with van der Waals surface area (Å²) in [6, 6.07) is 7.19. The zero-order valence-corrected chi connectivity index (χ0v) is 11.5. The molecule has 1 heterocycles. The van der Waals surface area contributed by atoms with E-state index >= 15 is 0 Å². The van der Waals surface area contributed by atoms with Gasteiger partial charge in [0.05, 0.1) is 12.7 Å². The number of benzene rings is 1. The Morgan fingerprint density at radius 3 is 3.06 bits per heavy atom. The van der Waals surface area contributed by atoms with Crippen molar-refractivity contribution in [2.45, 2.75) is 25.6 Å². The molecule has 2 unspecified atom stereocenters. The van der Waals surface area contributed by atoms with Crippen molar-refractivity contribution in [1.82, 2.24) is 4.90 Å². The summed E-state index contributed by atoms with van der Waals surface area (Å²) in [5, 5.41) is 0.847. The van der Waals surface area contributed by atoms with Crippen molar-refractivity contribution < 1.29 is 9.13 Å². The number of hydrogen-bond donors (Lipinski definition) is 0. The average molecular weight is 302 g/mol. The van der Waals surface area contributed by atoms with Crippen LogP contribution in [0.2, 0.25) is 0 Å². The van der Waals surface area contributed by atoms with E-state index < -0.39 is 0 Å². The van der Waals surface area contributed by atoms with Crippen molar-refractivity contribution in [3.05, 3.63) is 35.6 Å². The van der Waals surface area contributed by atoms with Gasteiger partial charge in [0.1, 0.15) is 5.82 Å². The first-order chi connectivity index (χ1) is 8.19. The van der Waals surface area contributed by atoms with E-state index in [2.05, 4.69) is 27.8 Å². The predicted molar refractivity (Wildman–Crippen MR) is 69.8 cm³/mol. The van der Waals surface area contributed by atoms with Gasteiger partial charge in [0.2, 0.25) is 0 Å². The van der Waals surface area contributed by atoms with E-state index in [0.29, 0.717) is 6.04 Å². The van der Waals surface area contributed by atoms with Crippen molar-refractivity contribution in [3.63, 3.8) is 0 Å². The van der Waals surface area contributed by atoms with E-state index in [0.717, 1.165) is 30.6 Å². The van der Waals surface area contributed by atoms with E-state index in [1.807, 2.05) is 6.07 Å². The Morgan fingerprint density at radius 1 is 1.53 bits per heavy atom. The topological polar surface area (TPSA) is 12.5 Å². The van der Waals surface area contributed by atoms with Crippen LogP contribution < -0.4 is 0 Å². The van der Waals surface area contributed by atoms with Crippen molar-refractivity contribution in [1.29, 1.82) is 0 Å². The summed E-state index contributed by atoms with van der Waals surface area (Å²) in [7, 11) is 0. The molecular weight excluding hydrogens is 285 g/mol. The molecule has 17 heavy (non-hydrogen) atoms. The van der Waals surface area contributed by atoms with Crippen LogP contribution in [0.5, 0.6) is 0 Å². The summed E-state index contributed by atoms with van der Waals surface area (Å²) in [4.78, 5) is 2.34. The van der Waals surface area contributed by atoms with Crippen LogP contribution in [-0.2, 0) is 11.3 Å². The molecule has 1 saturated heterocycles. The van der Waals surface area contributed by atoms with Gasteiger partial charge in [-0.05, 0) is 24.6 Å². The molecule has 2 atom stereocenters. The van der Waals surface area contributed by atoms with Crippen LogP contribution >= 0.6 is 15.9 Å². The van der Waals surface area contributed by atoms with Gasteiger partial charge in [-0.15, -0.1) is 0 Å². The van der Waals surface area contributed by atoms with Crippen LogP contribution in [0.15, 0.2) is 24.3 Å². The number of nitrogens with zero attached hydrogens (tertiary/aromatic N) is 1. The van der Waals surface area contributed by atoms with E-state index in [1.165, 1.54) is 6.07 Å². The minimum atomic E-state index is -0.166. The lowest BCUT2D eigenvalue weighted by atomic mass is 10.1. The van der Waals surface area contributed by atoms with Crippen LogP contribution in [0.4, 0.5) is 4.39 Å². The Morgan fingerprint density at radius 2 is 2.35 bits per heavy atom. The molecule has 1 aliphatic heterocycles. The third-order valence-corrected chi connectivity index (χ3v) is 3.80. The molecule has 0 aliphatic carbocycles. The molecule has 2 rings (SSSR count). The summed E-state index contributed by atoms with van der Waals surface area (Å²) in [6.07, 6.45) is 0.236. The van der Waals surface area contributed by atoms with Crippen molar-refractivity contribution in [2.75, 3.05) is 18.5 Å². The second kappa shape index (κ2) is 5.94. The Bertz CT molecular complexity index is 374. The van der Waals surface area contributed by atoms with E-state index in [1.54, 1.807) is 12.1 Å². The maximum absolute atomic E-state index is 13.1. The molecule has 0 aromatic heterocycles. The normalized spacial score (nSPS) is 26.1. The van der Waals surface area contributed by atoms with Gasteiger partial charge in [0, 0.05) is 24.5 Å². The maximum atomic E-state index is 13.1. The third kappa shape index (κ3) is 3.50. The largest absolute Gasteiger partial charge is 0.374 e. The molecular formula is C13H17BrFNO. The maximum Gasteiger partial charge on any atom is 0.123 e. The van der Waals surface area contributed by atoms with E-state index in [9.17, 15) is 4.39 Å². The molecule has 0 radical (unpaired) electrons. The zero-order valence-electron chi connectivity index (χ0n) is 9.90. The number of rotatable bonds is 3. The van der Waals surface area contributed by atoms with Gasteiger partial charge in [0.15, 0.2) is 0 Å². The predicted octanol–water partition coefficient (Wildman–Crippen LogP) is 2.81. The van der Waals surface area contributed by atoms with Gasteiger partial charge >= 0.3 is 0 Å². The van der Waals surface area contributed by atoms with E-state index in [4.69, 9.17) is 4.74 Å². The summed E-state index contributed by atoms with van der Waals surface area (Å²) in [6.45, 7) is 4.56. The number of halogens is 2. The highest BCUT2D eigenvalue weighted by Gasteiger charge is 2.25. The summed E-state index contributed by atoms with van der Waals surface area (Å²) >= 11 is 3.44. The first-order valence-corrected chi connectivity index (χ1v) is 6.97. The van der Waals surface area contributed by atoms with Gasteiger partial charge in [-0.2, -0.15) is 0 Å². The van der Waals surface area contributed by atoms with Crippen molar-refractivity contribution in [2.24, 2.45) is 0 Å². The Labute approximate surface area is 110 Å². The van der Waals surface area contributed by atoms with Crippen LogP contribution in [-0.4, -0.2) is 35.5 Å². The number of hydrogen-bond acceptors (Lipinski definition) is 2. The first-order valence-electron chi connectivity index (χ1n) is 5.85. The monoisotopic (exact) mass is 301 g/mol. The lowest BCUT2D eigenvalue weighted by Crippen LogP contribution is -2.48. The molecule has 0 amide bonds. The Kier molecular flexibility index (Phi) is 4.54. The molecule has 0 bridgehead atoms. The van der Waals surface area contributed by atoms with Crippen LogP contribution in [0.1, 0.15) is 12.5 Å². The fraction of sp³-hybridized carbons (Fsp3) is 0.538. The minimum Gasteiger partial charge on any atom is -0.374 e. The van der Waals surface area contributed by atoms with E-state index in [-0.39, 0.29) is 11.9 Å². The molecule has 0 saturated carbocycles. The minimum absolute atomic E-state index is 0.166. The number of ether oxygens (including phenoxy) is 1. The highest BCUT2D eigenvalue weighted by Crippen LogP contribution is 2.17. The van der Waals surface area contributed by atoms with Crippen molar-refractivity contribution >= 4 is 15.9 Å². The van der Waals surface area contributed by atoms with Crippen LogP contribution in [0, 0.1) is 5.82 Å². The lowest BCUT2D eigenvalue weighted by Gasteiger charge is -2.37. The number of morpholine rings is 1. The molecule has 2 nitrogen and oxygen atoms in total. The summed E-state index contributed by atoms with van der Waals surface area (Å²) in [5.74, 6) is -0.166. The van der Waals surface area contributed by atoms with Gasteiger partial charge < -0.3 is 4.74 Å². The fourth-order valence-electron chi connectivity index (χ4n) is 2.06. The summed E-state index contributed by atoms with van der Waals surface area (Å²) in [5.41, 5.74) is 1.02. The fourth-order valence-corrected chi connectivity index (χ4v) is 2.45. The third-order valence-electron chi connectivity index (χ3n) is 3.08. The zero-order chi connectivity index (χ0) is 12.3. The summed E-state index contributed by atoms with van der Waals surface area (Å²) < 4.78 is 18.8.